The van der Waals surface area contributed by atoms with Gasteiger partial charge in [0.2, 0.25) is 0 Å². The fourth-order valence-electron chi connectivity index (χ4n) is 1.86. The highest BCUT2D eigenvalue weighted by Gasteiger charge is 2.39. The van der Waals surface area contributed by atoms with E-state index in [1.54, 1.807) is 17.1 Å². The summed E-state index contributed by atoms with van der Waals surface area (Å²) in [6.45, 7) is 3.12. The molecule has 0 aliphatic carbocycles. The van der Waals surface area contributed by atoms with Crippen LogP contribution in [0.3, 0.4) is 0 Å². The maximum atomic E-state index is 12.4. The van der Waals surface area contributed by atoms with E-state index in [1.807, 2.05) is 11.5 Å². The number of aromatic nitrogens is 3. The van der Waals surface area contributed by atoms with Gasteiger partial charge in [0.25, 0.3) is 0 Å². The van der Waals surface area contributed by atoms with Gasteiger partial charge in [-0.25, -0.2) is 4.98 Å². The normalized spacial score (nSPS) is 13.7. The molecule has 104 valence electrons. The Labute approximate surface area is 108 Å². The number of nitrogens with zero attached hydrogens (tertiary/aromatic N) is 3. The minimum atomic E-state index is -4.64. The lowest BCUT2D eigenvalue weighted by Crippen LogP contribution is -2.19. The third-order valence-electron chi connectivity index (χ3n) is 2.88. The molecule has 0 radical (unpaired) electrons. The standard InChI is InChI=1S/C12H14F3N3O/c1-2-18-8-16-5-10(18)7-17-4-3-9(6-17)11(19)12(13,14)15/h3-6,8,11,19H,2,7H2,1H3. The number of aliphatic hydroxyl groups excluding tert-OH is 1. The number of hydrogen-bond acceptors (Lipinski definition) is 2. The van der Waals surface area contributed by atoms with Gasteiger partial charge in [0.1, 0.15) is 0 Å². The van der Waals surface area contributed by atoms with Crippen LogP contribution in [0, 0.1) is 0 Å². The SMILES string of the molecule is CCn1cncc1Cn1ccc(C(O)C(F)(F)F)c1. The van der Waals surface area contributed by atoms with Crippen molar-refractivity contribution in [1.82, 2.24) is 14.1 Å². The van der Waals surface area contributed by atoms with E-state index in [0.717, 1.165) is 12.2 Å². The summed E-state index contributed by atoms with van der Waals surface area (Å²) in [7, 11) is 0. The van der Waals surface area contributed by atoms with Gasteiger partial charge in [-0.15, -0.1) is 0 Å². The van der Waals surface area contributed by atoms with Crippen molar-refractivity contribution in [3.63, 3.8) is 0 Å². The average Bonchev–Trinajstić information content (AvgIpc) is 2.96. The Balaban J connectivity index is 2.14. The highest BCUT2D eigenvalue weighted by Crippen LogP contribution is 2.32. The minimum Gasteiger partial charge on any atom is -0.379 e. The summed E-state index contributed by atoms with van der Waals surface area (Å²) in [6, 6.07) is 1.27. The largest absolute Gasteiger partial charge is 0.418 e. The van der Waals surface area contributed by atoms with E-state index < -0.39 is 12.3 Å². The van der Waals surface area contributed by atoms with Crippen molar-refractivity contribution in [2.24, 2.45) is 0 Å². The Morgan fingerprint density at radius 1 is 1.42 bits per heavy atom. The molecule has 0 amide bonds. The van der Waals surface area contributed by atoms with Gasteiger partial charge < -0.3 is 14.2 Å². The number of halogens is 3. The second-order valence-electron chi connectivity index (χ2n) is 4.23. The lowest BCUT2D eigenvalue weighted by molar-refractivity contribution is -0.206. The molecular weight excluding hydrogens is 259 g/mol. The highest BCUT2D eigenvalue weighted by atomic mass is 19.4. The molecule has 0 aromatic carbocycles. The van der Waals surface area contributed by atoms with E-state index in [0.29, 0.717) is 6.54 Å². The van der Waals surface area contributed by atoms with Gasteiger partial charge in [0, 0.05) is 30.7 Å². The topological polar surface area (TPSA) is 43.0 Å². The van der Waals surface area contributed by atoms with Gasteiger partial charge in [-0.05, 0) is 13.0 Å². The minimum absolute atomic E-state index is 0.157. The molecule has 19 heavy (non-hydrogen) atoms. The second kappa shape index (κ2) is 5.08. The van der Waals surface area contributed by atoms with Crippen LogP contribution in [-0.2, 0) is 13.1 Å². The molecule has 2 rings (SSSR count). The number of imidazole rings is 1. The van der Waals surface area contributed by atoms with E-state index in [4.69, 9.17) is 5.11 Å². The summed E-state index contributed by atoms with van der Waals surface area (Å²) in [5, 5.41) is 9.14. The van der Waals surface area contributed by atoms with Gasteiger partial charge in [0.15, 0.2) is 6.10 Å². The first-order chi connectivity index (χ1) is 8.91. The third-order valence-corrected chi connectivity index (χ3v) is 2.88. The maximum absolute atomic E-state index is 12.4. The first-order valence-corrected chi connectivity index (χ1v) is 5.81. The van der Waals surface area contributed by atoms with Gasteiger partial charge in [-0.2, -0.15) is 13.2 Å². The van der Waals surface area contributed by atoms with Crippen LogP contribution >= 0.6 is 0 Å². The summed E-state index contributed by atoms with van der Waals surface area (Å²) in [5.41, 5.74) is 0.737. The fraction of sp³-hybridized carbons (Fsp3) is 0.417. The van der Waals surface area contributed by atoms with Crippen molar-refractivity contribution < 1.29 is 18.3 Å². The molecule has 4 nitrogen and oxygen atoms in total. The highest BCUT2D eigenvalue weighted by molar-refractivity contribution is 5.16. The van der Waals surface area contributed by atoms with Gasteiger partial charge >= 0.3 is 6.18 Å². The van der Waals surface area contributed by atoms with E-state index in [9.17, 15) is 13.2 Å². The van der Waals surface area contributed by atoms with Crippen LogP contribution in [0.2, 0.25) is 0 Å². The molecule has 0 aliphatic heterocycles. The monoisotopic (exact) mass is 273 g/mol. The zero-order valence-electron chi connectivity index (χ0n) is 10.3. The van der Waals surface area contributed by atoms with Crippen LogP contribution in [0.4, 0.5) is 13.2 Å². The smallest absolute Gasteiger partial charge is 0.379 e. The molecular formula is C12H14F3N3O. The van der Waals surface area contributed by atoms with Crippen molar-refractivity contribution in [3.8, 4) is 0 Å². The Kier molecular flexibility index (Phi) is 3.66. The molecule has 1 N–H and O–H groups in total. The summed E-state index contributed by atoms with van der Waals surface area (Å²) < 4.78 is 40.6. The van der Waals surface area contributed by atoms with Crippen molar-refractivity contribution in [2.75, 3.05) is 0 Å². The Morgan fingerprint density at radius 2 is 2.16 bits per heavy atom. The molecule has 0 spiro atoms. The first-order valence-electron chi connectivity index (χ1n) is 5.81. The first kappa shape index (κ1) is 13.7. The number of hydrogen-bond donors (Lipinski definition) is 1. The molecule has 1 atom stereocenters. The third kappa shape index (κ3) is 2.98. The molecule has 2 aromatic rings. The second-order valence-corrected chi connectivity index (χ2v) is 4.23. The van der Waals surface area contributed by atoms with Gasteiger partial charge in [0.05, 0.1) is 18.6 Å². The van der Waals surface area contributed by atoms with E-state index in [-0.39, 0.29) is 5.56 Å². The van der Waals surface area contributed by atoms with Crippen LogP contribution in [0.5, 0.6) is 0 Å². The van der Waals surface area contributed by atoms with Crippen LogP contribution in [0.1, 0.15) is 24.3 Å². The van der Waals surface area contributed by atoms with E-state index >= 15 is 0 Å². The van der Waals surface area contributed by atoms with Crippen LogP contribution < -0.4 is 0 Å². The molecule has 0 fully saturated rings. The molecule has 2 aromatic heterocycles. The number of alkyl halides is 3. The molecule has 0 aliphatic rings. The fourth-order valence-corrected chi connectivity index (χ4v) is 1.86. The zero-order chi connectivity index (χ0) is 14.0. The molecule has 0 saturated carbocycles. The van der Waals surface area contributed by atoms with Gasteiger partial charge in [-0.1, -0.05) is 0 Å². The number of aryl methyl sites for hydroxylation is 1. The molecule has 0 bridgehead atoms. The lowest BCUT2D eigenvalue weighted by atomic mass is 10.2. The van der Waals surface area contributed by atoms with Crippen LogP contribution in [0.25, 0.3) is 0 Å². The Hall–Kier alpha value is -1.76. The van der Waals surface area contributed by atoms with Crippen molar-refractivity contribution >= 4 is 0 Å². The summed E-state index contributed by atoms with van der Waals surface area (Å²) in [5.74, 6) is 0. The van der Waals surface area contributed by atoms with Crippen LogP contribution in [-0.4, -0.2) is 25.4 Å². The maximum Gasteiger partial charge on any atom is 0.418 e. The van der Waals surface area contributed by atoms with E-state index in [1.165, 1.54) is 18.5 Å². The Bertz CT molecular complexity index is 544. The summed E-state index contributed by atoms with van der Waals surface area (Å²) in [4.78, 5) is 3.99. The van der Waals surface area contributed by atoms with Crippen molar-refractivity contribution in [1.29, 1.82) is 0 Å². The predicted octanol–water partition coefficient (Wildman–Crippen LogP) is 2.35. The Morgan fingerprint density at radius 3 is 2.79 bits per heavy atom. The molecule has 0 saturated heterocycles. The zero-order valence-corrected chi connectivity index (χ0v) is 10.3. The molecule has 1 unspecified atom stereocenters. The van der Waals surface area contributed by atoms with E-state index in [2.05, 4.69) is 4.98 Å². The predicted molar refractivity (Wildman–Crippen MR) is 62.4 cm³/mol. The molecule has 7 heteroatoms. The summed E-state index contributed by atoms with van der Waals surface area (Å²) >= 11 is 0. The number of aliphatic hydroxyl groups is 1. The average molecular weight is 273 g/mol. The number of rotatable bonds is 4. The summed E-state index contributed by atoms with van der Waals surface area (Å²) in [6.07, 6.45) is -0.933. The van der Waals surface area contributed by atoms with Crippen molar-refractivity contribution in [2.45, 2.75) is 32.3 Å². The van der Waals surface area contributed by atoms with Crippen LogP contribution in [0.15, 0.2) is 31.0 Å². The molecule has 2 heterocycles. The quantitative estimate of drug-likeness (QED) is 0.929. The van der Waals surface area contributed by atoms with Gasteiger partial charge in [-0.3, -0.25) is 0 Å². The van der Waals surface area contributed by atoms with Crippen molar-refractivity contribution in [3.05, 3.63) is 42.2 Å². The lowest BCUT2D eigenvalue weighted by Gasteiger charge is -2.12.